The number of quaternary nitrogens is 1. The largest absolute Gasteiger partial charge is 0.558 e. The third kappa shape index (κ3) is 5.98. The van der Waals surface area contributed by atoms with Crippen molar-refractivity contribution in [3.05, 3.63) is 0 Å². The van der Waals surface area contributed by atoms with Crippen LogP contribution in [0, 0.1) is 0 Å². The first-order valence-electron chi connectivity index (χ1n) is 8.66. The van der Waals surface area contributed by atoms with Gasteiger partial charge in [0.2, 0.25) is 0 Å². The fourth-order valence-electron chi connectivity index (χ4n) is 3.55. The van der Waals surface area contributed by atoms with Gasteiger partial charge in [-0.1, -0.05) is 32.6 Å². The quantitative estimate of drug-likeness (QED) is 0.314. The van der Waals surface area contributed by atoms with Crippen molar-refractivity contribution in [1.82, 2.24) is 0 Å². The van der Waals surface area contributed by atoms with Gasteiger partial charge in [0, 0.05) is 34.2 Å². The average Bonchev–Trinajstić information content (AvgIpc) is 2.97. The molecule has 0 aliphatic carbocycles. The van der Waals surface area contributed by atoms with E-state index >= 15 is 0 Å². The third-order valence-corrected chi connectivity index (χ3v) is 7.89. The fourth-order valence-corrected chi connectivity index (χ4v) is 5.73. The van der Waals surface area contributed by atoms with Crippen molar-refractivity contribution in [3.8, 4) is 0 Å². The first kappa shape index (κ1) is 19.1. The predicted molar refractivity (Wildman–Crippen MR) is 89.1 cm³/mol. The first-order valence-corrected chi connectivity index (χ1v) is 10.6. The predicted octanol–water partition coefficient (Wildman–Crippen LogP) is 3.37. The molecule has 0 atom stereocenters. The van der Waals surface area contributed by atoms with Crippen molar-refractivity contribution in [3.63, 3.8) is 0 Å². The maximum atomic E-state index is 5.66. The van der Waals surface area contributed by atoms with Crippen molar-refractivity contribution in [2.24, 2.45) is 0 Å². The lowest BCUT2D eigenvalue weighted by molar-refractivity contribution is -0.909. The Labute approximate surface area is 132 Å². The van der Waals surface area contributed by atoms with Crippen LogP contribution in [-0.2, 0) is 13.3 Å². The van der Waals surface area contributed by atoms with Gasteiger partial charge in [-0.2, -0.15) is 0 Å². The molecule has 1 aliphatic rings. The lowest BCUT2D eigenvalue weighted by Crippen LogP contribution is -2.61. The Kier molecular flexibility index (Phi) is 9.05. The van der Waals surface area contributed by atoms with Crippen LogP contribution in [0.2, 0.25) is 0 Å². The molecule has 0 aromatic heterocycles. The van der Waals surface area contributed by atoms with E-state index in [0.717, 1.165) is 10.7 Å². The lowest BCUT2D eigenvalue weighted by Gasteiger charge is -2.39. The lowest BCUT2D eigenvalue weighted by atomic mass is 10.1. The number of unbranched alkanes of at least 4 members (excludes halogenated alkanes) is 5. The second-order valence-corrected chi connectivity index (χ2v) is 9.35. The van der Waals surface area contributed by atoms with E-state index < -0.39 is 8.80 Å². The van der Waals surface area contributed by atoms with Crippen molar-refractivity contribution < 1.29 is 17.8 Å². The van der Waals surface area contributed by atoms with Crippen LogP contribution in [0.15, 0.2) is 0 Å². The van der Waals surface area contributed by atoms with Gasteiger partial charge in [-0.3, -0.25) is 0 Å². The number of likely N-dealkylation sites (tertiary alicyclic amines) is 1. The van der Waals surface area contributed by atoms with Gasteiger partial charge < -0.3 is 17.8 Å². The molecular formula is C16H36NO3Si+. The molecule has 1 heterocycles. The summed E-state index contributed by atoms with van der Waals surface area (Å²) >= 11 is 0. The molecule has 0 aromatic rings. The zero-order chi connectivity index (χ0) is 15.6. The minimum atomic E-state index is -2.46. The smallest absolute Gasteiger partial charge is 0.374 e. The van der Waals surface area contributed by atoms with Gasteiger partial charge in [-0.05, 0) is 12.8 Å². The molecule has 1 rings (SSSR count). The highest BCUT2D eigenvalue weighted by molar-refractivity contribution is 6.60. The maximum Gasteiger partial charge on any atom is 0.558 e. The van der Waals surface area contributed by atoms with Crippen LogP contribution in [0.25, 0.3) is 0 Å². The SMILES string of the molecule is CCCCCCCC[N+]1(C[Si](OC)(OC)OC)CCCC1. The summed E-state index contributed by atoms with van der Waals surface area (Å²) in [4.78, 5) is 0. The van der Waals surface area contributed by atoms with Gasteiger partial charge in [-0.25, -0.2) is 0 Å². The Balaban J connectivity index is 2.46. The summed E-state index contributed by atoms with van der Waals surface area (Å²) in [6, 6.07) is 0. The molecule has 0 N–H and O–H groups in total. The Hall–Kier alpha value is 0.0569. The number of hydrogen-bond donors (Lipinski definition) is 0. The van der Waals surface area contributed by atoms with Crippen molar-refractivity contribution in [2.45, 2.75) is 58.3 Å². The average molecular weight is 319 g/mol. The van der Waals surface area contributed by atoms with E-state index in [1.165, 1.54) is 71.0 Å². The third-order valence-electron chi connectivity index (χ3n) is 4.96. The fraction of sp³-hybridized carbons (Fsp3) is 1.00. The van der Waals surface area contributed by atoms with Crippen LogP contribution >= 0.6 is 0 Å². The molecule has 0 radical (unpaired) electrons. The number of nitrogens with zero attached hydrogens (tertiary/aromatic N) is 1. The van der Waals surface area contributed by atoms with E-state index in [-0.39, 0.29) is 0 Å². The monoisotopic (exact) mass is 318 g/mol. The molecule has 0 unspecified atom stereocenters. The minimum absolute atomic E-state index is 0.936. The standard InChI is InChI=1S/C16H36NO3Si/c1-5-6-7-8-9-10-13-17(14-11-12-15-17)16-21(18-2,19-3)20-4/h5-16H2,1-4H3/q+1. The van der Waals surface area contributed by atoms with Gasteiger partial charge in [0.1, 0.15) is 6.17 Å². The van der Waals surface area contributed by atoms with Crippen molar-refractivity contribution in [1.29, 1.82) is 0 Å². The van der Waals surface area contributed by atoms with Crippen molar-refractivity contribution >= 4 is 8.80 Å². The van der Waals surface area contributed by atoms with Crippen LogP contribution in [0.1, 0.15) is 58.3 Å². The zero-order valence-electron chi connectivity index (χ0n) is 14.7. The molecule has 21 heavy (non-hydrogen) atoms. The van der Waals surface area contributed by atoms with Gasteiger partial charge in [0.05, 0.1) is 19.6 Å². The molecular weight excluding hydrogens is 282 g/mol. The second-order valence-electron chi connectivity index (χ2n) is 6.44. The molecule has 0 spiro atoms. The van der Waals surface area contributed by atoms with Gasteiger partial charge >= 0.3 is 8.80 Å². The molecule has 0 amide bonds. The molecule has 0 aromatic carbocycles. The van der Waals surface area contributed by atoms with E-state index in [1.54, 1.807) is 21.3 Å². The Morgan fingerprint density at radius 3 is 1.86 bits per heavy atom. The second kappa shape index (κ2) is 9.95. The van der Waals surface area contributed by atoms with Gasteiger partial charge in [0.25, 0.3) is 0 Å². The molecule has 126 valence electrons. The Morgan fingerprint density at radius 1 is 0.810 bits per heavy atom. The molecule has 1 saturated heterocycles. The van der Waals surface area contributed by atoms with E-state index in [2.05, 4.69) is 6.92 Å². The highest BCUT2D eigenvalue weighted by Gasteiger charge is 2.49. The molecule has 5 heteroatoms. The minimum Gasteiger partial charge on any atom is -0.374 e. The summed E-state index contributed by atoms with van der Waals surface area (Å²) in [6.07, 6.45) is 11.8. The van der Waals surface area contributed by atoms with Gasteiger partial charge in [0.15, 0.2) is 0 Å². The molecule has 0 bridgehead atoms. The number of rotatable bonds is 12. The van der Waals surface area contributed by atoms with Crippen molar-refractivity contribution in [2.75, 3.05) is 47.1 Å². The highest BCUT2D eigenvalue weighted by atomic mass is 28.4. The maximum absolute atomic E-state index is 5.66. The molecule has 1 fully saturated rings. The van der Waals surface area contributed by atoms with Crippen LogP contribution in [0.3, 0.4) is 0 Å². The summed E-state index contributed by atoms with van der Waals surface area (Å²) < 4.78 is 18.1. The molecule has 0 saturated carbocycles. The normalized spacial score (nSPS) is 18.3. The van der Waals surface area contributed by atoms with Crippen LogP contribution < -0.4 is 0 Å². The molecule has 1 aliphatic heterocycles. The van der Waals surface area contributed by atoms with Crippen LogP contribution in [0.4, 0.5) is 0 Å². The van der Waals surface area contributed by atoms with Gasteiger partial charge in [-0.15, -0.1) is 0 Å². The summed E-state index contributed by atoms with van der Waals surface area (Å²) in [6.45, 7) is 6.06. The van der Waals surface area contributed by atoms with E-state index in [9.17, 15) is 0 Å². The summed E-state index contributed by atoms with van der Waals surface area (Å²) in [5.74, 6) is 0. The van der Waals surface area contributed by atoms with E-state index in [0.29, 0.717) is 0 Å². The first-order chi connectivity index (χ1) is 10.2. The summed E-state index contributed by atoms with van der Waals surface area (Å²) in [5.41, 5.74) is 0. The van der Waals surface area contributed by atoms with E-state index in [1.807, 2.05) is 0 Å². The Morgan fingerprint density at radius 2 is 1.33 bits per heavy atom. The zero-order valence-corrected chi connectivity index (χ0v) is 15.7. The summed E-state index contributed by atoms with van der Waals surface area (Å²) in [5, 5.41) is 0. The van der Waals surface area contributed by atoms with Crippen LogP contribution in [-0.4, -0.2) is 60.4 Å². The van der Waals surface area contributed by atoms with E-state index in [4.69, 9.17) is 13.3 Å². The topological polar surface area (TPSA) is 27.7 Å². The highest BCUT2D eigenvalue weighted by Crippen LogP contribution is 2.25. The Bertz CT molecular complexity index is 258. The number of hydrogen-bond acceptors (Lipinski definition) is 3. The molecule has 4 nitrogen and oxygen atoms in total. The summed E-state index contributed by atoms with van der Waals surface area (Å²) in [7, 11) is 2.73. The van der Waals surface area contributed by atoms with Crippen LogP contribution in [0.5, 0.6) is 0 Å².